The quantitative estimate of drug-likeness (QED) is 0.715. The Balaban J connectivity index is 2.40. The molecule has 1 atom stereocenters. The smallest absolute Gasteiger partial charge is 0.337 e. The Morgan fingerprint density at radius 3 is 2.76 bits per heavy atom. The van der Waals surface area contributed by atoms with Gasteiger partial charge in [-0.15, -0.1) is 11.3 Å². The number of aromatic carboxylic acids is 1. The van der Waals surface area contributed by atoms with Crippen LogP contribution in [0.3, 0.4) is 0 Å². The molecule has 2 rings (SSSR count). The summed E-state index contributed by atoms with van der Waals surface area (Å²) in [5.74, 6) is -1.34. The molecule has 1 aromatic heterocycles. The number of rotatable bonds is 5. The largest absolute Gasteiger partial charge is 0.478 e. The van der Waals surface area contributed by atoms with Gasteiger partial charge in [0.05, 0.1) is 16.5 Å². The van der Waals surface area contributed by atoms with E-state index in [4.69, 9.17) is 10.8 Å². The zero-order valence-corrected chi connectivity index (χ0v) is 12.6. The number of carbonyl (C=O) groups is 1. The monoisotopic (exact) mass is 327 g/mol. The number of anilines is 1. The maximum Gasteiger partial charge on any atom is 0.337 e. The number of benzene rings is 1. The molecule has 0 saturated carbocycles. The Bertz CT molecular complexity index is 757. The van der Waals surface area contributed by atoms with Gasteiger partial charge in [-0.1, -0.05) is 0 Å². The summed E-state index contributed by atoms with van der Waals surface area (Å²) >= 11 is 1.30. The Labute approximate surface area is 125 Å². The number of nitrogens with two attached hydrogens (primary N) is 1. The predicted molar refractivity (Wildman–Crippen MR) is 78.7 cm³/mol. The number of carboxylic acids is 1. The van der Waals surface area contributed by atoms with Crippen molar-refractivity contribution >= 4 is 33.0 Å². The molecule has 0 bridgehead atoms. The lowest BCUT2D eigenvalue weighted by molar-refractivity contribution is 0.0692. The third kappa shape index (κ3) is 3.38. The first kappa shape index (κ1) is 15.4. The molecule has 1 unspecified atom stereocenters. The lowest BCUT2D eigenvalue weighted by Crippen LogP contribution is -2.28. The first-order chi connectivity index (χ1) is 9.81. The summed E-state index contributed by atoms with van der Waals surface area (Å²) in [6, 6.07) is 3.06. The van der Waals surface area contributed by atoms with Gasteiger partial charge in [0.15, 0.2) is 0 Å². The fraction of sp³-hybridized carbons (Fsp3) is 0.167. The van der Waals surface area contributed by atoms with E-state index in [-0.39, 0.29) is 16.1 Å². The summed E-state index contributed by atoms with van der Waals surface area (Å²) < 4.78 is 27.1. The fourth-order valence-electron chi connectivity index (χ4n) is 1.73. The molecule has 0 amide bonds. The van der Waals surface area contributed by atoms with E-state index in [0.717, 1.165) is 6.07 Å². The molecule has 4 N–H and O–H groups in total. The van der Waals surface area contributed by atoms with E-state index in [1.54, 1.807) is 18.5 Å². The molecule has 0 aliphatic heterocycles. The second-order valence-electron chi connectivity index (χ2n) is 4.27. The topological polar surface area (TPSA) is 122 Å². The summed E-state index contributed by atoms with van der Waals surface area (Å²) in [7, 11) is -4.03. The highest BCUT2D eigenvalue weighted by Crippen LogP contribution is 2.23. The van der Waals surface area contributed by atoms with Gasteiger partial charge in [-0.05, 0) is 25.1 Å². The molecule has 21 heavy (non-hydrogen) atoms. The van der Waals surface area contributed by atoms with Crippen molar-refractivity contribution in [1.82, 2.24) is 9.71 Å². The molecule has 0 fully saturated rings. The van der Waals surface area contributed by atoms with Gasteiger partial charge in [0.1, 0.15) is 5.01 Å². The van der Waals surface area contributed by atoms with E-state index in [0.29, 0.717) is 5.01 Å². The summed E-state index contributed by atoms with van der Waals surface area (Å²) in [5, 5.41) is 11.4. The van der Waals surface area contributed by atoms with Crippen molar-refractivity contribution in [3.63, 3.8) is 0 Å². The van der Waals surface area contributed by atoms with Gasteiger partial charge in [-0.25, -0.2) is 22.9 Å². The van der Waals surface area contributed by atoms with Crippen LogP contribution in [0, 0.1) is 0 Å². The molecule has 1 aromatic carbocycles. The van der Waals surface area contributed by atoms with Crippen molar-refractivity contribution in [2.24, 2.45) is 0 Å². The van der Waals surface area contributed by atoms with Gasteiger partial charge in [0, 0.05) is 17.3 Å². The number of nitrogens with zero attached hydrogens (tertiary/aromatic N) is 1. The molecule has 0 aliphatic carbocycles. The van der Waals surface area contributed by atoms with Crippen molar-refractivity contribution < 1.29 is 18.3 Å². The van der Waals surface area contributed by atoms with E-state index < -0.39 is 22.0 Å². The zero-order valence-electron chi connectivity index (χ0n) is 11.0. The minimum absolute atomic E-state index is 0.169. The van der Waals surface area contributed by atoms with Crippen molar-refractivity contribution in [2.45, 2.75) is 17.9 Å². The fourth-order valence-corrected chi connectivity index (χ4v) is 3.89. The van der Waals surface area contributed by atoms with Crippen LogP contribution >= 0.6 is 11.3 Å². The van der Waals surface area contributed by atoms with Gasteiger partial charge in [0.2, 0.25) is 10.0 Å². The molecule has 0 aliphatic rings. The number of carboxylic acid groups (broad SMARTS) is 1. The lowest BCUT2D eigenvalue weighted by Gasteiger charge is -2.14. The van der Waals surface area contributed by atoms with Crippen LogP contribution in [-0.4, -0.2) is 24.5 Å². The first-order valence-corrected chi connectivity index (χ1v) is 8.22. The van der Waals surface area contributed by atoms with Crippen LogP contribution in [0.2, 0.25) is 0 Å². The Morgan fingerprint density at radius 2 is 2.19 bits per heavy atom. The zero-order chi connectivity index (χ0) is 15.6. The van der Waals surface area contributed by atoms with E-state index in [1.807, 2.05) is 0 Å². The van der Waals surface area contributed by atoms with Crippen LogP contribution in [0.4, 0.5) is 5.69 Å². The number of nitrogen functional groups attached to an aromatic ring is 1. The Kier molecular flexibility index (Phi) is 4.26. The summed E-state index contributed by atoms with van der Waals surface area (Å²) in [4.78, 5) is 14.8. The SMILES string of the molecule is CC(NS(=O)(=O)c1cc(N)ccc1C(=O)O)c1nccs1. The molecular weight excluding hydrogens is 314 g/mol. The molecule has 112 valence electrons. The van der Waals surface area contributed by atoms with Crippen molar-refractivity contribution in [3.05, 3.63) is 40.3 Å². The number of sulfonamides is 1. The molecule has 7 nitrogen and oxygen atoms in total. The van der Waals surface area contributed by atoms with Crippen LogP contribution < -0.4 is 10.5 Å². The predicted octanol–water partition coefficient (Wildman–Crippen LogP) is 1.46. The first-order valence-electron chi connectivity index (χ1n) is 5.86. The molecule has 0 spiro atoms. The van der Waals surface area contributed by atoms with Crippen LogP contribution in [-0.2, 0) is 10.0 Å². The maximum absolute atomic E-state index is 12.4. The highest BCUT2D eigenvalue weighted by molar-refractivity contribution is 7.89. The molecule has 2 aromatic rings. The Morgan fingerprint density at radius 1 is 1.48 bits per heavy atom. The number of hydrogen-bond donors (Lipinski definition) is 3. The third-order valence-corrected chi connectivity index (χ3v) is 5.22. The van der Waals surface area contributed by atoms with Gasteiger partial charge in [-0.3, -0.25) is 0 Å². The van der Waals surface area contributed by atoms with Crippen LogP contribution in [0.15, 0.2) is 34.7 Å². The Hall–Kier alpha value is -1.97. The summed E-state index contributed by atoms with van der Waals surface area (Å²) in [6.45, 7) is 1.63. The molecule has 1 heterocycles. The van der Waals surface area contributed by atoms with Crippen molar-refractivity contribution in [2.75, 3.05) is 5.73 Å². The van der Waals surface area contributed by atoms with E-state index in [1.165, 1.54) is 23.5 Å². The lowest BCUT2D eigenvalue weighted by atomic mass is 10.2. The molecule has 9 heteroatoms. The minimum Gasteiger partial charge on any atom is -0.478 e. The van der Waals surface area contributed by atoms with E-state index >= 15 is 0 Å². The van der Waals surface area contributed by atoms with Crippen molar-refractivity contribution in [1.29, 1.82) is 0 Å². The van der Waals surface area contributed by atoms with Gasteiger partial charge < -0.3 is 10.8 Å². The highest BCUT2D eigenvalue weighted by Gasteiger charge is 2.25. The van der Waals surface area contributed by atoms with E-state index in [9.17, 15) is 13.2 Å². The van der Waals surface area contributed by atoms with E-state index in [2.05, 4.69) is 9.71 Å². The van der Waals surface area contributed by atoms with Crippen LogP contribution in [0.1, 0.15) is 28.3 Å². The standard InChI is InChI=1S/C12H13N3O4S2/c1-7(11-14-4-5-20-11)15-21(18,19)10-6-8(13)2-3-9(10)12(16)17/h2-7,15H,13H2,1H3,(H,16,17). The van der Waals surface area contributed by atoms with Crippen LogP contribution in [0.25, 0.3) is 0 Å². The number of aromatic nitrogens is 1. The van der Waals surface area contributed by atoms with Crippen LogP contribution in [0.5, 0.6) is 0 Å². The summed E-state index contributed by atoms with van der Waals surface area (Å²) in [6.07, 6.45) is 1.56. The highest BCUT2D eigenvalue weighted by atomic mass is 32.2. The maximum atomic E-state index is 12.4. The number of hydrogen-bond acceptors (Lipinski definition) is 6. The molecule has 0 radical (unpaired) electrons. The second kappa shape index (κ2) is 5.80. The third-order valence-electron chi connectivity index (χ3n) is 2.68. The molecular formula is C12H13N3O4S2. The van der Waals surface area contributed by atoms with Gasteiger partial charge in [-0.2, -0.15) is 0 Å². The normalized spacial score (nSPS) is 13.0. The van der Waals surface area contributed by atoms with Gasteiger partial charge in [0.25, 0.3) is 0 Å². The number of thiazole rings is 1. The second-order valence-corrected chi connectivity index (χ2v) is 6.88. The molecule has 0 saturated heterocycles. The average Bonchev–Trinajstić information content (AvgIpc) is 2.91. The summed E-state index contributed by atoms with van der Waals surface area (Å²) in [5.41, 5.74) is 5.39. The van der Waals surface area contributed by atoms with Crippen molar-refractivity contribution in [3.8, 4) is 0 Å². The minimum atomic E-state index is -4.03. The number of nitrogens with one attached hydrogen (secondary N) is 1. The van der Waals surface area contributed by atoms with Gasteiger partial charge >= 0.3 is 5.97 Å². The average molecular weight is 327 g/mol.